The predicted molar refractivity (Wildman–Crippen MR) is 94.8 cm³/mol. The summed E-state index contributed by atoms with van der Waals surface area (Å²) in [7, 11) is 0. The van der Waals surface area contributed by atoms with Crippen LogP contribution in [0.3, 0.4) is 0 Å². The van der Waals surface area contributed by atoms with Crippen molar-refractivity contribution in [1.29, 1.82) is 0 Å². The van der Waals surface area contributed by atoms with Gasteiger partial charge in [-0.05, 0) is 37.1 Å². The van der Waals surface area contributed by atoms with Crippen LogP contribution in [0.5, 0.6) is 0 Å². The molecule has 1 atom stereocenters. The zero-order valence-electron chi connectivity index (χ0n) is 14.1. The van der Waals surface area contributed by atoms with E-state index in [2.05, 4.69) is 35.5 Å². The van der Waals surface area contributed by atoms with Crippen molar-refractivity contribution >= 4 is 17.4 Å². The van der Waals surface area contributed by atoms with Gasteiger partial charge in [0, 0.05) is 31.2 Å². The van der Waals surface area contributed by atoms with Crippen LogP contribution in [0.4, 0.5) is 11.5 Å². The summed E-state index contributed by atoms with van der Waals surface area (Å²) >= 11 is 0. The summed E-state index contributed by atoms with van der Waals surface area (Å²) < 4.78 is 1.55. The normalized spacial score (nSPS) is 17.1. The van der Waals surface area contributed by atoms with Gasteiger partial charge in [0.1, 0.15) is 12.7 Å². The van der Waals surface area contributed by atoms with Crippen LogP contribution in [0, 0.1) is 5.92 Å². The first-order valence-corrected chi connectivity index (χ1v) is 8.44. The van der Waals surface area contributed by atoms with Crippen LogP contribution in [0.15, 0.2) is 49.3 Å². The fourth-order valence-electron chi connectivity index (χ4n) is 3.01. The van der Waals surface area contributed by atoms with Crippen molar-refractivity contribution in [3.05, 3.63) is 49.3 Å². The molecule has 132 valence electrons. The summed E-state index contributed by atoms with van der Waals surface area (Å²) in [5.74, 6) is 1.30. The van der Waals surface area contributed by atoms with Gasteiger partial charge in [-0.2, -0.15) is 5.10 Å². The molecule has 4 rings (SSSR count). The number of carbonyl (C=O) groups is 1. The maximum absolute atomic E-state index is 12.5. The lowest BCUT2D eigenvalue weighted by Gasteiger charge is -2.32. The van der Waals surface area contributed by atoms with Crippen LogP contribution < -0.4 is 10.2 Å². The lowest BCUT2D eigenvalue weighted by molar-refractivity contribution is -0.120. The number of amides is 1. The number of nitrogens with one attached hydrogen (secondary N) is 1. The molecule has 1 saturated heterocycles. The molecular formula is C17H18N8O. The largest absolute Gasteiger partial charge is 0.354 e. The molecule has 9 nitrogen and oxygen atoms in total. The van der Waals surface area contributed by atoms with Gasteiger partial charge in [-0.3, -0.25) is 9.78 Å². The second-order valence-corrected chi connectivity index (χ2v) is 6.10. The van der Waals surface area contributed by atoms with Gasteiger partial charge in [-0.1, -0.05) is 0 Å². The molecule has 0 radical (unpaired) electrons. The van der Waals surface area contributed by atoms with Crippen molar-refractivity contribution in [2.45, 2.75) is 12.8 Å². The summed E-state index contributed by atoms with van der Waals surface area (Å²) in [4.78, 5) is 22.5. The van der Waals surface area contributed by atoms with Gasteiger partial charge >= 0.3 is 0 Å². The Labute approximate surface area is 150 Å². The molecule has 0 spiro atoms. The summed E-state index contributed by atoms with van der Waals surface area (Å²) in [6.45, 7) is 1.48. The Hall–Kier alpha value is -3.36. The highest BCUT2D eigenvalue weighted by Crippen LogP contribution is 2.22. The number of anilines is 2. The van der Waals surface area contributed by atoms with Crippen molar-refractivity contribution < 1.29 is 4.79 Å². The van der Waals surface area contributed by atoms with E-state index >= 15 is 0 Å². The van der Waals surface area contributed by atoms with E-state index in [1.165, 1.54) is 6.33 Å². The van der Waals surface area contributed by atoms with Gasteiger partial charge < -0.3 is 10.2 Å². The topological polar surface area (TPSA) is 102 Å². The standard InChI is InChI=1S/C17H18N8O/c26-17(21-14-5-7-18-8-6-14)13-2-1-9-24(10-13)15-3-4-16(23-22-15)25-12-19-11-20-25/h3-8,11-13H,1-2,9-10H2,(H,18,21,26). The third-order valence-electron chi connectivity index (χ3n) is 4.35. The average molecular weight is 350 g/mol. The van der Waals surface area contributed by atoms with E-state index in [0.29, 0.717) is 12.4 Å². The highest BCUT2D eigenvalue weighted by Gasteiger charge is 2.26. The summed E-state index contributed by atoms with van der Waals surface area (Å²) in [6.07, 6.45) is 8.14. The summed E-state index contributed by atoms with van der Waals surface area (Å²) in [5, 5.41) is 15.5. The van der Waals surface area contributed by atoms with Crippen molar-refractivity contribution in [2.75, 3.05) is 23.3 Å². The van der Waals surface area contributed by atoms with E-state index < -0.39 is 0 Å². The van der Waals surface area contributed by atoms with Crippen LogP contribution in [0.25, 0.3) is 5.82 Å². The van der Waals surface area contributed by atoms with Crippen LogP contribution in [0.1, 0.15) is 12.8 Å². The van der Waals surface area contributed by atoms with Crippen molar-refractivity contribution in [3.8, 4) is 5.82 Å². The molecule has 1 aliphatic heterocycles. The van der Waals surface area contributed by atoms with Gasteiger partial charge in [0.05, 0.1) is 5.92 Å². The molecule has 9 heteroatoms. The molecule has 1 aliphatic rings. The minimum absolute atomic E-state index is 0.0214. The molecule has 3 aromatic heterocycles. The third-order valence-corrected chi connectivity index (χ3v) is 4.35. The molecule has 26 heavy (non-hydrogen) atoms. The number of nitrogens with zero attached hydrogens (tertiary/aromatic N) is 7. The SMILES string of the molecule is O=C(Nc1ccncc1)C1CCCN(c2ccc(-n3cncn3)nn2)C1. The van der Waals surface area contributed by atoms with Gasteiger partial charge in [0.15, 0.2) is 11.6 Å². The van der Waals surface area contributed by atoms with Gasteiger partial charge in [0.25, 0.3) is 0 Å². The van der Waals surface area contributed by atoms with Crippen molar-refractivity contribution in [1.82, 2.24) is 29.9 Å². The Morgan fingerprint density at radius 3 is 2.62 bits per heavy atom. The van der Waals surface area contributed by atoms with E-state index in [1.807, 2.05) is 12.1 Å². The fraction of sp³-hybridized carbons (Fsp3) is 0.294. The molecular weight excluding hydrogens is 332 g/mol. The zero-order valence-corrected chi connectivity index (χ0v) is 14.1. The van der Waals surface area contributed by atoms with Gasteiger partial charge in [0.2, 0.25) is 5.91 Å². The number of aromatic nitrogens is 6. The number of piperidine rings is 1. The Morgan fingerprint density at radius 2 is 1.88 bits per heavy atom. The molecule has 1 unspecified atom stereocenters. The van der Waals surface area contributed by atoms with E-state index in [1.54, 1.807) is 35.5 Å². The van der Waals surface area contributed by atoms with Crippen LogP contribution >= 0.6 is 0 Å². The minimum atomic E-state index is -0.0892. The first-order chi connectivity index (χ1) is 12.8. The summed E-state index contributed by atoms with van der Waals surface area (Å²) in [5.41, 5.74) is 0.763. The van der Waals surface area contributed by atoms with E-state index in [4.69, 9.17) is 0 Å². The second kappa shape index (κ2) is 7.26. The molecule has 0 bridgehead atoms. The molecule has 1 amide bonds. The molecule has 0 saturated carbocycles. The number of rotatable bonds is 4. The molecule has 3 aromatic rings. The van der Waals surface area contributed by atoms with E-state index in [0.717, 1.165) is 30.9 Å². The number of hydrogen-bond donors (Lipinski definition) is 1. The second-order valence-electron chi connectivity index (χ2n) is 6.10. The first kappa shape index (κ1) is 16.1. The first-order valence-electron chi connectivity index (χ1n) is 8.44. The Bertz CT molecular complexity index is 850. The third kappa shape index (κ3) is 3.51. The Kier molecular flexibility index (Phi) is 4.50. The van der Waals surface area contributed by atoms with Crippen LogP contribution in [-0.4, -0.2) is 48.9 Å². The van der Waals surface area contributed by atoms with Crippen LogP contribution in [0.2, 0.25) is 0 Å². The quantitative estimate of drug-likeness (QED) is 0.757. The van der Waals surface area contributed by atoms with Gasteiger partial charge in [-0.25, -0.2) is 9.67 Å². The number of carbonyl (C=O) groups excluding carboxylic acids is 1. The molecule has 4 heterocycles. The lowest BCUT2D eigenvalue weighted by Crippen LogP contribution is -2.41. The predicted octanol–water partition coefficient (Wildman–Crippen LogP) is 1.31. The molecule has 1 fully saturated rings. The smallest absolute Gasteiger partial charge is 0.229 e. The van der Waals surface area contributed by atoms with Crippen molar-refractivity contribution in [2.24, 2.45) is 5.92 Å². The molecule has 0 aromatic carbocycles. The van der Waals surface area contributed by atoms with Crippen LogP contribution in [-0.2, 0) is 4.79 Å². The molecule has 1 N–H and O–H groups in total. The minimum Gasteiger partial charge on any atom is -0.354 e. The Morgan fingerprint density at radius 1 is 1.08 bits per heavy atom. The fourth-order valence-corrected chi connectivity index (χ4v) is 3.01. The highest BCUT2D eigenvalue weighted by molar-refractivity contribution is 5.92. The molecule has 0 aliphatic carbocycles. The van der Waals surface area contributed by atoms with E-state index in [9.17, 15) is 4.79 Å². The maximum Gasteiger partial charge on any atom is 0.229 e. The lowest BCUT2D eigenvalue weighted by atomic mass is 9.97. The van der Waals surface area contributed by atoms with Crippen molar-refractivity contribution in [3.63, 3.8) is 0 Å². The van der Waals surface area contributed by atoms with E-state index in [-0.39, 0.29) is 11.8 Å². The number of pyridine rings is 1. The zero-order chi connectivity index (χ0) is 17.8. The average Bonchev–Trinajstić information content (AvgIpc) is 3.24. The van der Waals surface area contributed by atoms with Gasteiger partial charge in [-0.15, -0.1) is 10.2 Å². The highest BCUT2D eigenvalue weighted by atomic mass is 16.1. The maximum atomic E-state index is 12.5. The monoisotopic (exact) mass is 350 g/mol. The summed E-state index contributed by atoms with van der Waals surface area (Å²) in [6, 6.07) is 7.31. The number of hydrogen-bond acceptors (Lipinski definition) is 7. The Balaban J connectivity index is 1.42.